The van der Waals surface area contributed by atoms with E-state index in [1.807, 2.05) is 13.8 Å². The molecule has 0 aromatic rings. The van der Waals surface area contributed by atoms with Crippen LogP contribution in [0.15, 0.2) is 0 Å². The number of rotatable bonds is 11. The summed E-state index contributed by atoms with van der Waals surface area (Å²) >= 11 is 0. The Morgan fingerprint density at radius 2 is 1.26 bits per heavy atom. The highest BCUT2D eigenvalue weighted by atomic mass is 16.8. The van der Waals surface area contributed by atoms with Crippen LogP contribution in [0.1, 0.15) is 98.8 Å². The Labute approximate surface area is 387 Å². The predicted molar refractivity (Wildman–Crippen MR) is 228 cm³/mol. The minimum Gasteiger partial charge on any atom is -0.396 e. The van der Waals surface area contributed by atoms with Crippen molar-refractivity contribution in [2.75, 3.05) is 39.6 Å². The van der Waals surface area contributed by atoms with E-state index in [9.17, 15) is 61.3 Å². The standard InChI is InChI=1S/C47H80O19/c1-22(18-60-40-37(58)34(55)32(53)26(16-48)63-40)25-8-13-47(21-62-25)15-14-45(4)23(39(47)59)6-7-29-43(2)11-10-30(44(3,20-50)28(43)9-12-46(29,45)5)65-42-38(35(56)33(54)27(17-49)64-42)66-41-36(57)31(52)24(51)19-61-41/h22-42,48-59H,6-21H2,1-5H3/t22-,23+,24+,25-,26+,27+,28+,29+,30-,31-,32+,33+,34-,35-,36+,37+,38+,39+,40+,41-,42-,43-,44-,45+,46+,47+/m0/s1. The third-order valence-corrected chi connectivity index (χ3v) is 19.6. The molecule has 8 rings (SSSR count). The van der Waals surface area contributed by atoms with E-state index in [2.05, 4.69) is 20.8 Å². The van der Waals surface area contributed by atoms with Crippen molar-refractivity contribution in [2.24, 2.45) is 50.7 Å². The fourth-order valence-electron chi connectivity index (χ4n) is 15.1. The van der Waals surface area contributed by atoms with Crippen LogP contribution in [0.5, 0.6) is 0 Å². The topological polar surface area (TPSA) is 307 Å². The Bertz CT molecular complexity index is 1640. The number of aliphatic hydroxyl groups is 12. The van der Waals surface area contributed by atoms with Crippen LogP contribution in [-0.2, 0) is 33.2 Å². The molecule has 0 aromatic heterocycles. The number of aliphatic hydroxyl groups excluding tert-OH is 12. The van der Waals surface area contributed by atoms with Crippen molar-refractivity contribution in [1.82, 2.24) is 0 Å². The maximum atomic E-state index is 12.5. The zero-order valence-corrected chi connectivity index (χ0v) is 39.2. The number of fused-ring (bicyclic) bond motifs is 5. The number of hydrogen-bond acceptors (Lipinski definition) is 19. The van der Waals surface area contributed by atoms with Crippen LogP contribution in [-0.4, -0.2) is 205 Å². The van der Waals surface area contributed by atoms with Crippen LogP contribution in [0.4, 0.5) is 0 Å². The average molecular weight is 949 g/mol. The van der Waals surface area contributed by atoms with Crippen molar-refractivity contribution in [3.8, 4) is 0 Å². The summed E-state index contributed by atoms with van der Waals surface area (Å²) in [5, 5.41) is 127. The fraction of sp³-hybridized carbons (Fsp3) is 1.00. The molecule has 4 saturated heterocycles. The summed E-state index contributed by atoms with van der Waals surface area (Å²) in [6.07, 6.45) is -13.5. The first-order chi connectivity index (χ1) is 31.1. The summed E-state index contributed by atoms with van der Waals surface area (Å²) < 4.78 is 42.1. The monoisotopic (exact) mass is 949 g/mol. The van der Waals surface area contributed by atoms with Gasteiger partial charge in [-0.3, -0.25) is 0 Å². The molecule has 8 fully saturated rings. The summed E-state index contributed by atoms with van der Waals surface area (Å²) in [7, 11) is 0. The van der Waals surface area contributed by atoms with Crippen LogP contribution in [0.2, 0.25) is 0 Å². The normalized spacial score (nSPS) is 56.0. The van der Waals surface area contributed by atoms with Gasteiger partial charge < -0.3 is 94.4 Å². The van der Waals surface area contributed by atoms with Crippen LogP contribution < -0.4 is 0 Å². The Balaban J connectivity index is 0.928. The van der Waals surface area contributed by atoms with Gasteiger partial charge in [-0.1, -0.05) is 34.6 Å². The molecule has 0 bridgehead atoms. The Kier molecular flexibility index (Phi) is 15.1. The molecule has 382 valence electrons. The molecule has 0 amide bonds. The van der Waals surface area contributed by atoms with E-state index in [1.165, 1.54) is 0 Å². The van der Waals surface area contributed by atoms with Crippen molar-refractivity contribution < 1.29 is 94.4 Å². The predicted octanol–water partition coefficient (Wildman–Crippen LogP) is -1.34. The van der Waals surface area contributed by atoms with Crippen LogP contribution in [0.3, 0.4) is 0 Å². The van der Waals surface area contributed by atoms with Gasteiger partial charge >= 0.3 is 0 Å². The first kappa shape index (κ1) is 51.6. The second-order valence-electron chi connectivity index (χ2n) is 22.8. The minimum atomic E-state index is -1.68. The maximum Gasteiger partial charge on any atom is 0.187 e. The first-order valence-corrected chi connectivity index (χ1v) is 24.6. The second kappa shape index (κ2) is 19.3. The molecule has 4 aliphatic heterocycles. The van der Waals surface area contributed by atoms with Gasteiger partial charge in [0.25, 0.3) is 0 Å². The van der Waals surface area contributed by atoms with E-state index in [0.717, 1.165) is 51.4 Å². The van der Waals surface area contributed by atoms with E-state index in [1.54, 1.807) is 0 Å². The van der Waals surface area contributed by atoms with Gasteiger partial charge in [0.1, 0.15) is 67.1 Å². The summed E-state index contributed by atoms with van der Waals surface area (Å²) in [5.74, 6) is 0.240. The lowest BCUT2D eigenvalue weighted by Gasteiger charge is -2.73. The minimum absolute atomic E-state index is 0.00873. The van der Waals surface area contributed by atoms with Crippen LogP contribution in [0, 0.1) is 50.7 Å². The van der Waals surface area contributed by atoms with Crippen molar-refractivity contribution in [3.63, 3.8) is 0 Å². The first-order valence-electron chi connectivity index (χ1n) is 24.6. The summed E-state index contributed by atoms with van der Waals surface area (Å²) in [6.45, 7) is 10.0. The van der Waals surface area contributed by atoms with Crippen molar-refractivity contribution in [1.29, 1.82) is 0 Å². The number of ether oxygens (including phenoxy) is 7. The summed E-state index contributed by atoms with van der Waals surface area (Å²) in [4.78, 5) is 0. The summed E-state index contributed by atoms with van der Waals surface area (Å²) in [5.41, 5.74) is -1.69. The quantitative estimate of drug-likeness (QED) is 0.107. The molecule has 26 atom stereocenters. The van der Waals surface area contributed by atoms with Crippen LogP contribution in [0.25, 0.3) is 0 Å². The molecule has 4 heterocycles. The maximum absolute atomic E-state index is 12.5. The van der Waals surface area contributed by atoms with Gasteiger partial charge in [0, 0.05) is 16.7 Å². The average Bonchev–Trinajstić information content (AvgIpc) is 3.30. The second-order valence-corrected chi connectivity index (χ2v) is 22.8. The van der Waals surface area contributed by atoms with Gasteiger partial charge in [-0.25, -0.2) is 0 Å². The Morgan fingerprint density at radius 1 is 0.591 bits per heavy atom. The third-order valence-electron chi connectivity index (χ3n) is 19.6. The molecule has 1 spiro atoms. The highest BCUT2D eigenvalue weighted by Crippen LogP contribution is 2.75. The van der Waals surface area contributed by atoms with Gasteiger partial charge in [-0.15, -0.1) is 0 Å². The summed E-state index contributed by atoms with van der Waals surface area (Å²) in [6, 6.07) is 0. The molecule has 4 aliphatic carbocycles. The largest absolute Gasteiger partial charge is 0.396 e. The highest BCUT2D eigenvalue weighted by Gasteiger charge is 2.71. The zero-order chi connectivity index (χ0) is 47.9. The zero-order valence-electron chi connectivity index (χ0n) is 39.2. The lowest BCUT2D eigenvalue weighted by Crippen LogP contribution is -2.69. The molecular formula is C47H80O19. The lowest BCUT2D eigenvalue weighted by molar-refractivity contribution is -0.372. The Hall–Kier alpha value is -0.760. The highest BCUT2D eigenvalue weighted by molar-refractivity contribution is 5.19. The van der Waals surface area contributed by atoms with Gasteiger partial charge in [0.2, 0.25) is 0 Å². The van der Waals surface area contributed by atoms with Gasteiger partial charge in [0.05, 0.1) is 58.0 Å². The van der Waals surface area contributed by atoms with Gasteiger partial charge in [-0.2, -0.15) is 0 Å². The molecule has 0 aromatic carbocycles. The van der Waals surface area contributed by atoms with Crippen molar-refractivity contribution >= 4 is 0 Å². The Morgan fingerprint density at radius 3 is 1.91 bits per heavy atom. The van der Waals surface area contributed by atoms with E-state index >= 15 is 0 Å². The molecule has 4 saturated carbocycles. The number of hydrogen-bond donors (Lipinski definition) is 12. The molecule has 19 heteroatoms. The third kappa shape index (κ3) is 8.35. The molecule has 12 N–H and O–H groups in total. The molecular weight excluding hydrogens is 868 g/mol. The van der Waals surface area contributed by atoms with E-state index in [-0.39, 0.29) is 65.8 Å². The SMILES string of the molecule is C[C@@H](CO[C@@H]1O[C@H](CO)[C@@H](O)[C@H](O)[C@H]1O)[C@@H]1CC[C@@]2(CC[C@]3(C)[C@H](CC[C@@H]4[C@@]5(C)CC[C@H](O[C@@H]6O[C@H](CO)[C@@H](O)[C@H](O)[C@H]6O[C@@H]6OC[C@@H](O)[C@H](O)[C@H]6O)[C@@](C)(CO)[C@@H]5CC[C@]43C)[C@H]2O)CO1. The van der Waals surface area contributed by atoms with E-state index in [0.29, 0.717) is 19.4 Å². The lowest BCUT2D eigenvalue weighted by atomic mass is 9.33. The molecule has 0 radical (unpaired) electrons. The van der Waals surface area contributed by atoms with Crippen molar-refractivity contribution in [3.05, 3.63) is 0 Å². The fourth-order valence-corrected chi connectivity index (χ4v) is 15.1. The van der Waals surface area contributed by atoms with E-state index in [4.69, 9.17) is 33.2 Å². The molecule has 0 unspecified atom stereocenters. The smallest absolute Gasteiger partial charge is 0.187 e. The van der Waals surface area contributed by atoms with E-state index < -0.39 is 122 Å². The van der Waals surface area contributed by atoms with Crippen LogP contribution >= 0.6 is 0 Å². The molecule has 8 aliphatic rings. The molecule has 19 nitrogen and oxygen atoms in total. The van der Waals surface area contributed by atoms with Crippen molar-refractivity contribution in [2.45, 2.75) is 203 Å². The van der Waals surface area contributed by atoms with Gasteiger partial charge in [-0.05, 0) is 98.2 Å². The molecule has 66 heavy (non-hydrogen) atoms. The van der Waals surface area contributed by atoms with Gasteiger partial charge in [0.15, 0.2) is 18.9 Å².